The maximum atomic E-state index is 5.42. The maximum absolute atomic E-state index is 5.42. The van der Waals surface area contributed by atoms with E-state index in [2.05, 4.69) is 13.2 Å². The highest BCUT2D eigenvalue weighted by Gasteiger charge is 1.89. The van der Waals surface area contributed by atoms with Crippen LogP contribution in [0.25, 0.3) is 0 Å². The maximum Gasteiger partial charge on any atom is 0.0557 e. The van der Waals surface area contributed by atoms with E-state index in [0.29, 0.717) is 0 Å². The van der Waals surface area contributed by atoms with Gasteiger partial charge in [-0.1, -0.05) is 12.2 Å². The summed E-state index contributed by atoms with van der Waals surface area (Å²) in [5.74, 6) is 4.18. The van der Waals surface area contributed by atoms with Gasteiger partial charge in [0, 0.05) is 23.0 Å². The first-order chi connectivity index (χ1) is 6.41. The standard InChI is InChI=1S/C10H18OS2/c1-3-7-12-9-5-11-6-10-13-8-4-2/h3-4H,1-2,5-10H2. The summed E-state index contributed by atoms with van der Waals surface area (Å²) in [5, 5.41) is 0. The van der Waals surface area contributed by atoms with E-state index in [1.54, 1.807) is 0 Å². The second kappa shape index (κ2) is 12.1. The van der Waals surface area contributed by atoms with Gasteiger partial charge >= 0.3 is 0 Å². The second-order valence-electron chi connectivity index (χ2n) is 2.34. The van der Waals surface area contributed by atoms with Crippen molar-refractivity contribution < 1.29 is 4.74 Å². The van der Waals surface area contributed by atoms with Gasteiger partial charge in [-0.15, -0.1) is 13.2 Å². The molecule has 1 nitrogen and oxygen atoms in total. The Labute approximate surface area is 90.0 Å². The van der Waals surface area contributed by atoms with Crippen molar-refractivity contribution in [2.75, 3.05) is 36.2 Å². The van der Waals surface area contributed by atoms with Crippen molar-refractivity contribution in [2.24, 2.45) is 0 Å². The molecular formula is C10H18OS2. The molecule has 0 N–H and O–H groups in total. The number of ether oxygens (including phenoxy) is 1. The molecule has 0 aliphatic rings. The zero-order valence-electron chi connectivity index (χ0n) is 8.04. The van der Waals surface area contributed by atoms with E-state index < -0.39 is 0 Å². The van der Waals surface area contributed by atoms with Gasteiger partial charge in [-0.25, -0.2) is 0 Å². The molecule has 0 aliphatic carbocycles. The molecule has 0 bridgehead atoms. The van der Waals surface area contributed by atoms with E-state index in [1.807, 2.05) is 35.7 Å². The zero-order chi connectivity index (χ0) is 9.78. The van der Waals surface area contributed by atoms with Crippen LogP contribution in [0.4, 0.5) is 0 Å². The molecule has 0 radical (unpaired) electrons. The average Bonchev–Trinajstić information content (AvgIpc) is 2.16. The van der Waals surface area contributed by atoms with Crippen LogP contribution in [-0.4, -0.2) is 36.2 Å². The molecule has 0 heterocycles. The van der Waals surface area contributed by atoms with Crippen LogP contribution >= 0.6 is 23.5 Å². The largest absolute Gasteiger partial charge is 0.380 e. The minimum absolute atomic E-state index is 0.854. The number of hydrogen-bond donors (Lipinski definition) is 0. The van der Waals surface area contributed by atoms with Gasteiger partial charge in [-0.3, -0.25) is 0 Å². The van der Waals surface area contributed by atoms with E-state index in [0.717, 1.165) is 36.2 Å². The topological polar surface area (TPSA) is 9.23 Å². The van der Waals surface area contributed by atoms with Crippen LogP contribution in [0.1, 0.15) is 0 Å². The first kappa shape index (κ1) is 13.1. The Balaban J connectivity index is 2.83. The molecule has 0 saturated heterocycles. The van der Waals surface area contributed by atoms with Crippen LogP contribution < -0.4 is 0 Å². The minimum atomic E-state index is 0.854. The summed E-state index contributed by atoms with van der Waals surface area (Å²) in [6.07, 6.45) is 3.84. The van der Waals surface area contributed by atoms with Gasteiger partial charge in [-0.2, -0.15) is 23.5 Å². The minimum Gasteiger partial charge on any atom is -0.380 e. The Morgan fingerprint density at radius 1 is 0.923 bits per heavy atom. The van der Waals surface area contributed by atoms with Gasteiger partial charge in [0.1, 0.15) is 0 Å². The Hall–Kier alpha value is 0.140. The Kier molecular flexibility index (Phi) is 12.3. The van der Waals surface area contributed by atoms with Crippen LogP contribution in [0.5, 0.6) is 0 Å². The van der Waals surface area contributed by atoms with Crippen LogP contribution in [0.3, 0.4) is 0 Å². The molecule has 0 saturated carbocycles. The quantitative estimate of drug-likeness (QED) is 0.412. The molecule has 0 spiro atoms. The van der Waals surface area contributed by atoms with Gasteiger partial charge in [0.15, 0.2) is 0 Å². The van der Waals surface area contributed by atoms with E-state index in [-0.39, 0.29) is 0 Å². The summed E-state index contributed by atoms with van der Waals surface area (Å²) < 4.78 is 5.42. The highest BCUT2D eigenvalue weighted by atomic mass is 32.2. The average molecular weight is 218 g/mol. The van der Waals surface area contributed by atoms with Crippen molar-refractivity contribution in [3.05, 3.63) is 25.3 Å². The summed E-state index contributed by atoms with van der Waals surface area (Å²) in [7, 11) is 0. The van der Waals surface area contributed by atoms with Gasteiger partial charge in [-0.05, 0) is 0 Å². The lowest BCUT2D eigenvalue weighted by molar-refractivity contribution is 0.167. The molecule has 0 aromatic carbocycles. The van der Waals surface area contributed by atoms with Crippen molar-refractivity contribution in [1.29, 1.82) is 0 Å². The number of hydrogen-bond acceptors (Lipinski definition) is 3. The van der Waals surface area contributed by atoms with Gasteiger partial charge in [0.05, 0.1) is 13.2 Å². The Morgan fingerprint density at radius 3 is 1.77 bits per heavy atom. The third-order valence-corrected chi connectivity index (χ3v) is 3.07. The fourth-order valence-electron chi connectivity index (χ4n) is 0.671. The van der Waals surface area contributed by atoms with Crippen molar-refractivity contribution in [2.45, 2.75) is 0 Å². The zero-order valence-corrected chi connectivity index (χ0v) is 9.67. The first-order valence-corrected chi connectivity index (χ1v) is 6.67. The third-order valence-electron chi connectivity index (χ3n) is 1.22. The summed E-state index contributed by atoms with van der Waals surface area (Å²) >= 11 is 3.71. The Bertz CT molecular complexity index is 112. The predicted octanol–water partition coefficient (Wildman–Crippen LogP) is 2.84. The summed E-state index contributed by atoms with van der Waals surface area (Å²) in [4.78, 5) is 0. The smallest absolute Gasteiger partial charge is 0.0557 e. The Morgan fingerprint density at radius 2 is 1.38 bits per heavy atom. The van der Waals surface area contributed by atoms with E-state index in [4.69, 9.17) is 4.74 Å². The molecule has 0 fully saturated rings. The monoisotopic (exact) mass is 218 g/mol. The molecule has 13 heavy (non-hydrogen) atoms. The van der Waals surface area contributed by atoms with Crippen molar-refractivity contribution in [3.63, 3.8) is 0 Å². The van der Waals surface area contributed by atoms with Crippen molar-refractivity contribution in [1.82, 2.24) is 0 Å². The van der Waals surface area contributed by atoms with Crippen molar-refractivity contribution >= 4 is 23.5 Å². The van der Waals surface area contributed by atoms with Crippen LogP contribution in [0.15, 0.2) is 25.3 Å². The molecule has 0 aromatic rings. The second-order valence-corrected chi connectivity index (χ2v) is 4.64. The van der Waals surface area contributed by atoms with Crippen LogP contribution in [0, 0.1) is 0 Å². The van der Waals surface area contributed by atoms with Crippen molar-refractivity contribution in [3.8, 4) is 0 Å². The lowest BCUT2D eigenvalue weighted by Crippen LogP contribution is -2.01. The molecule has 0 rings (SSSR count). The van der Waals surface area contributed by atoms with Crippen LogP contribution in [-0.2, 0) is 4.74 Å². The number of thioether (sulfide) groups is 2. The van der Waals surface area contributed by atoms with E-state index >= 15 is 0 Å². The number of rotatable bonds is 10. The van der Waals surface area contributed by atoms with Gasteiger partial charge in [0.25, 0.3) is 0 Å². The summed E-state index contributed by atoms with van der Waals surface area (Å²) in [5.41, 5.74) is 0. The molecule has 0 amide bonds. The highest BCUT2D eigenvalue weighted by molar-refractivity contribution is 7.99. The molecule has 0 unspecified atom stereocenters. The molecule has 0 atom stereocenters. The fraction of sp³-hybridized carbons (Fsp3) is 0.600. The first-order valence-electron chi connectivity index (χ1n) is 4.37. The third kappa shape index (κ3) is 12.1. The lowest BCUT2D eigenvalue weighted by Gasteiger charge is -2.02. The summed E-state index contributed by atoms with van der Waals surface area (Å²) in [6, 6.07) is 0. The fourth-order valence-corrected chi connectivity index (χ4v) is 1.81. The predicted molar refractivity (Wildman–Crippen MR) is 65.9 cm³/mol. The van der Waals surface area contributed by atoms with Gasteiger partial charge in [0.2, 0.25) is 0 Å². The summed E-state index contributed by atoms with van der Waals surface area (Å²) in [6.45, 7) is 9.02. The lowest BCUT2D eigenvalue weighted by atomic mass is 10.8. The van der Waals surface area contributed by atoms with Gasteiger partial charge < -0.3 is 4.74 Å². The van der Waals surface area contributed by atoms with Crippen LogP contribution in [0.2, 0.25) is 0 Å². The molecule has 0 aliphatic heterocycles. The van der Waals surface area contributed by atoms with E-state index in [1.165, 1.54) is 0 Å². The molecule has 0 aromatic heterocycles. The highest BCUT2D eigenvalue weighted by Crippen LogP contribution is 2.01. The molecular weight excluding hydrogens is 200 g/mol. The SMILES string of the molecule is C=CCSCCOCCSCC=C. The van der Waals surface area contributed by atoms with E-state index in [9.17, 15) is 0 Å². The molecule has 76 valence electrons. The normalized spacial score (nSPS) is 9.85. The molecule has 3 heteroatoms.